The molecule has 2 aromatic rings. The molecule has 2 aromatic carbocycles. The molecule has 1 unspecified atom stereocenters. The normalized spacial score (nSPS) is 11.9. The van der Waals surface area contributed by atoms with E-state index in [1.807, 2.05) is 44.2 Å². The minimum Gasteiger partial charge on any atom is -0.481 e. The second-order valence-corrected chi connectivity index (χ2v) is 7.90. The van der Waals surface area contributed by atoms with Crippen LogP contribution in [0, 0.1) is 13.8 Å². The van der Waals surface area contributed by atoms with Crippen LogP contribution in [0.5, 0.6) is 11.5 Å². The van der Waals surface area contributed by atoms with Gasteiger partial charge in [-0.2, -0.15) is 0 Å². The highest BCUT2D eigenvalue weighted by Crippen LogP contribution is 2.31. The van der Waals surface area contributed by atoms with Crippen LogP contribution in [0.2, 0.25) is 0 Å². The zero-order valence-corrected chi connectivity index (χ0v) is 18.0. The first-order valence-corrected chi connectivity index (χ1v) is 9.80. The van der Waals surface area contributed by atoms with Crippen molar-refractivity contribution >= 4 is 37.8 Å². The fourth-order valence-corrected chi connectivity index (χ4v) is 3.71. The van der Waals surface area contributed by atoms with E-state index < -0.39 is 5.97 Å². The summed E-state index contributed by atoms with van der Waals surface area (Å²) in [6.45, 7) is 8.08. The summed E-state index contributed by atoms with van der Waals surface area (Å²) in [5.74, 6) is 1.25. The molecule has 0 amide bonds. The van der Waals surface area contributed by atoms with E-state index in [2.05, 4.69) is 45.7 Å². The smallest absolute Gasteiger partial charge is 0.349 e. The Labute approximate surface area is 166 Å². The lowest BCUT2D eigenvalue weighted by Crippen LogP contribution is -2.18. The molecule has 3 nitrogen and oxygen atoms in total. The lowest BCUT2D eigenvalue weighted by molar-refractivity contribution is -0.136. The first-order valence-electron chi connectivity index (χ1n) is 8.21. The van der Waals surface area contributed by atoms with Gasteiger partial charge in [0, 0.05) is 4.47 Å². The molecule has 0 fully saturated rings. The highest BCUT2D eigenvalue weighted by atomic mass is 79.9. The summed E-state index contributed by atoms with van der Waals surface area (Å²) in [5, 5.41) is 0. The molecule has 0 aliphatic carbocycles. The fourth-order valence-electron chi connectivity index (χ4n) is 2.55. The van der Waals surface area contributed by atoms with Crippen LogP contribution < -0.4 is 9.47 Å². The number of ether oxygens (including phenoxy) is 2. The Balaban J connectivity index is 2.01. The number of benzene rings is 2. The van der Waals surface area contributed by atoms with Crippen LogP contribution in [0.15, 0.2) is 39.3 Å². The lowest BCUT2D eigenvalue weighted by atomic mass is 9.99. The molecular formula is C20H22Br2O3. The molecule has 0 bridgehead atoms. The van der Waals surface area contributed by atoms with Crippen molar-refractivity contribution < 1.29 is 14.3 Å². The lowest BCUT2D eigenvalue weighted by Gasteiger charge is -2.14. The van der Waals surface area contributed by atoms with Crippen molar-refractivity contribution in [2.45, 2.75) is 40.0 Å². The molecule has 0 saturated carbocycles. The van der Waals surface area contributed by atoms with Gasteiger partial charge in [-0.1, -0.05) is 35.8 Å². The van der Waals surface area contributed by atoms with Crippen LogP contribution in [0.25, 0.3) is 0 Å². The van der Waals surface area contributed by atoms with Crippen molar-refractivity contribution in [3.63, 3.8) is 0 Å². The van der Waals surface area contributed by atoms with Gasteiger partial charge in [-0.15, -0.1) is 0 Å². The third kappa shape index (κ3) is 5.32. The molecule has 0 radical (unpaired) electrons. The maximum atomic E-state index is 12.1. The minimum atomic E-state index is -0.432. The Morgan fingerprint density at radius 3 is 2.32 bits per heavy atom. The van der Waals surface area contributed by atoms with Gasteiger partial charge in [-0.05, 0) is 83.1 Å². The van der Waals surface area contributed by atoms with Gasteiger partial charge in [0.1, 0.15) is 11.5 Å². The summed E-state index contributed by atoms with van der Waals surface area (Å²) in [6.07, 6.45) is 1.06. The van der Waals surface area contributed by atoms with Gasteiger partial charge in [0.15, 0.2) is 6.61 Å². The van der Waals surface area contributed by atoms with E-state index in [9.17, 15) is 4.79 Å². The first kappa shape index (κ1) is 20.0. The van der Waals surface area contributed by atoms with Gasteiger partial charge >= 0.3 is 5.97 Å². The Bertz CT molecular complexity index is 749. The molecule has 0 aliphatic heterocycles. The molecule has 134 valence electrons. The van der Waals surface area contributed by atoms with Crippen molar-refractivity contribution in [1.29, 1.82) is 0 Å². The largest absolute Gasteiger partial charge is 0.481 e. The quantitative estimate of drug-likeness (QED) is 0.366. The second kappa shape index (κ2) is 8.86. The summed E-state index contributed by atoms with van der Waals surface area (Å²) in [5.41, 5.74) is 3.16. The van der Waals surface area contributed by atoms with E-state index in [0.717, 1.165) is 26.5 Å². The number of esters is 1. The minimum absolute atomic E-state index is 0.136. The Morgan fingerprint density at radius 2 is 1.76 bits per heavy atom. The van der Waals surface area contributed by atoms with E-state index in [-0.39, 0.29) is 6.61 Å². The average molecular weight is 470 g/mol. The molecule has 0 N–H and O–H groups in total. The van der Waals surface area contributed by atoms with Crippen molar-refractivity contribution in [1.82, 2.24) is 0 Å². The van der Waals surface area contributed by atoms with E-state index in [1.54, 1.807) is 0 Å². The zero-order chi connectivity index (χ0) is 18.6. The first-order chi connectivity index (χ1) is 11.8. The monoisotopic (exact) mass is 468 g/mol. The fraction of sp³-hybridized carbons (Fsp3) is 0.350. The topological polar surface area (TPSA) is 35.5 Å². The molecule has 0 heterocycles. The van der Waals surface area contributed by atoms with Gasteiger partial charge in [-0.3, -0.25) is 0 Å². The molecule has 2 rings (SSSR count). The summed E-state index contributed by atoms with van der Waals surface area (Å²) in [7, 11) is 0. The molecule has 5 heteroatoms. The van der Waals surface area contributed by atoms with Gasteiger partial charge in [0.25, 0.3) is 0 Å². The number of carbonyl (C=O) groups is 1. The predicted molar refractivity (Wildman–Crippen MR) is 108 cm³/mol. The number of hydrogen-bond donors (Lipinski definition) is 0. The van der Waals surface area contributed by atoms with Gasteiger partial charge in [0.05, 0.1) is 4.47 Å². The SMILES string of the molecule is CCC(C)c1ccc(OC(=O)COc2c(C)cc(Br)cc2C)c(Br)c1. The molecular weight excluding hydrogens is 448 g/mol. The standard InChI is InChI=1S/C20H22Br2O3/c1-5-12(2)15-6-7-18(17(22)10-15)25-19(23)11-24-20-13(3)8-16(21)9-14(20)4/h6-10,12H,5,11H2,1-4H3. The van der Waals surface area contributed by atoms with Crippen LogP contribution in [0.3, 0.4) is 0 Å². The van der Waals surface area contributed by atoms with E-state index >= 15 is 0 Å². The molecule has 0 saturated heterocycles. The van der Waals surface area contributed by atoms with Crippen molar-refractivity contribution in [2.24, 2.45) is 0 Å². The molecule has 0 aromatic heterocycles. The van der Waals surface area contributed by atoms with Crippen LogP contribution in [0.4, 0.5) is 0 Å². The maximum absolute atomic E-state index is 12.1. The summed E-state index contributed by atoms with van der Waals surface area (Å²) in [6, 6.07) is 9.72. The average Bonchev–Trinajstić information content (AvgIpc) is 2.55. The van der Waals surface area contributed by atoms with Crippen LogP contribution in [0.1, 0.15) is 42.9 Å². The van der Waals surface area contributed by atoms with E-state index in [1.165, 1.54) is 5.56 Å². The Hall–Kier alpha value is -1.33. The van der Waals surface area contributed by atoms with Crippen molar-refractivity contribution in [3.8, 4) is 11.5 Å². The number of halogens is 2. The maximum Gasteiger partial charge on any atom is 0.349 e. The van der Waals surface area contributed by atoms with Crippen LogP contribution in [-0.2, 0) is 4.79 Å². The highest BCUT2D eigenvalue weighted by molar-refractivity contribution is 9.10. The van der Waals surface area contributed by atoms with Crippen molar-refractivity contribution in [2.75, 3.05) is 6.61 Å². The highest BCUT2D eigenvalue weighted by Gasteiger charge is 2.13. The Kier molecular flexibility index (Phi) is 7.08. The van der Waals surface area contributed by atoms with Crippen molar-refractivity contribution in [3.05, 3.63) is 56.0 Å². The predicted octanol–water partition coefficient (Wildman–Crippen LogP) is 6.33. The van der Waals surface area contributed by atoms with Crippen LogP contribution in [-0.4, -0.2) is 12.6 Å². The number of rotatable bonds is 6. The van der Waals surface area contributed by atoms with Crippen LogP contribution >= 0.6 is 31.9 Å². The van der Waals surface area contributed by atoms with E-state index in [4.69, 9.17) is 9.47 Å². The van der Waals surface area contributed by atoms with Gasteiger partial charge in [0.2, 0.25) is 0 Å². The summed E-state index contributed by atoms with van der Waals surface area (Å²) >= 11 is 6.93. The van der Waals surface area contributed by atoms with E-state index in [0.29, 0.717) is 17.4 Å². The number of aryl methyl sites for hydroxylation is 2. The third-order valence-electron chi connectivity index (χ3n) is 4.12. The van der Waals surface area contributed by atoms with Gasteiger partial charge < -0.3 is 9.47 Å². The molecule has 1 atom stereocenters. The second-order valence-electron chi connectivity index (χ2n) is 6.13. The molecule has 0 aliphatic rings. The number of carbonyl (C=O) groups excluding carboxylic acids is 1. The molecule has 25 heavy (non-hydrogen) atoms. The molecule has 0 spiro atoms. The summed E-state index contributed by atoms with van der Waals surface area (Å²) < 4.78 is 12.8. The number of hydrogen-bond acceptors (Lipinski definition) is 3. The van der Waals surface area contributed by atoms with Gasteiger partial charge in [-0.25, -0.2) is 4.79 Å². The Morgan fingerprint density at radius 1 is 1.12 bits per heavy atom. The summed E-state index contributed by atoms with van der Waals surface area (Å²) in [4.78, 5) is 12.1. The zero-order valence-electron chi connectivity index (χ0n) is 14.9. The third-order valence-corrected chi connectivity index (χ3v) is 5.20.